The van der Waals surface area contributed by atoms with Gasteiger partial charge in [-0.15, -0.1) is 0 Å². The summed E-state index contributed by atoms with van der Waals surface area (Å²) in [5.41, 5.74) is 3.82. The second-order valence-electron chi connectivity index (χ2n) is 6.61. The van der Waals surface area contributed by atoms with Crippen LogP contribution in [0, 0.1) is 17.1 Å². The van der Waals surface area contributed by atoms with Gasteiger partial charge in [0.05, 0.1) is 24.4 Å². The zero-order valence-electron chi connectivity index (χ0n) is 17.1. The predicted octanol–water partition coefficient (Wildman–Crippen LogP) is 4.82. The Kier molecular flexibility index (Phi) is 7.79. The van der Waals surface area contributed by atoms with Crippen molar-refractivity contribution in [3.05, 3.63) is 94.3 Å². The summed E-state index contributed by atoms with van der Waals surface area (Å²) >= 11 is 6.03. The average Bonchev–Trinajstić information content (AvgIpc) is 2.80. The number of carbonyl (C=O) groups is 1. The highest BCUT2D eigenvalue weighted by Crippen LogP contribution is 2.29. The summed E-state index contributed by atoms with van der Waals surface area (Å²) in [6.45, 7) is -0.0691. The van der Waals surface area contributed by atoms with Gasteiger partial charge in [-0.1, -0.05) is 48.0 Å². The van der Waals surface area contributed by atoms with Gasteiger partial charge in [0.2, 0.25) is 0 Å². The van der Waals surface area contributed by atoms with Crippen molar-refractivity contribution in [2.75, 3.05) is 7.11 Å². The normalized spacial score (nSPS) is 11.6. The number of hydrogen-bond acceptors (Lipinski definition) is 5. The van der Waals surface area contributed by atoms with Crippen LogP contribution in [-0.4, -0.2) is 19.2 Å². The molecule has 0 unspecified atom stereocenters. The Bertz CT molecular complexity index is 1140. The highest BCUT2D eigenvalue weighted by molar-refractivity contribution is 6.31. The van der Waals surface area contributed by atoms with Gasteiger partial charge in [0.15, 0.2) is 17.4 Å². The molecule has 3 aromatic rings. The van der Waals surface area contributed by atoms with E-state index < -0.39 is 17.6 Å². The lowest BCUT2D eigenvalue weighted by molar-refractivity contribution is -0.121. The minimum atomic E-state index is -0.969. The van der Waals surface area contributed by atoms with Gasteiger partial charge >= 0.3 is 0 Å². The molecule has 1 N–H and O–H groups in total. The average molecular weight is 452 g/mol. The standard InChI is InChI=1S/C24H19ClFN3O3/c1-31-23-12-16(10-11-22(23)32-15-19-20(25)8-5-9-21(19)26)14-28-29-24(30)18(13-27)17-6-3-2-4-7-17/h2-12,14,18H,15H2,1H3,(H,29,30)/b28-14-/t18-/m1/s1. The maximum atomic E-state index is 13.9. The van der Waals surface area contributed by atoms with Gasteiger partial charge in [-0.25, -0.2) is 9.82 Å². The molecule has 0 bridgehead atoms. The zero-order chi connectivity index (χ0) is 22.9. The van der Waals surface area contributed by atoms with Crippen LogP contribution in [0.1, 0.15) is 22.6 Å². The van der Waals surface area contributed by atoms with Crippen LogP contribution in [0.4, 0.5) is 4.39 Å². The summed E-state index contributed by atoms with van der Waals surface area (Å²) in [6, 6.07) is 20.1. The van der Waals surface area contributed by atoms with Crippen molar-refractivity contribution < 1.29 is 18.7 Å². The van der Waals surface area contributed by atoms with Gasteiger partial charge in [0, 0.05) is 5.56 Å². The molecule has 6 nitrogen and oxygen atoms in total. The van der Waals surface area contributed by atoms with Crippen LogP contribution < -0.4 is 14.9 Å². The number of nitrogens with one attached hydrogen (secondary N) is 1. The highest BCUT2D eigenvalue weighted by atomic mass is 35.5. The first-order valence-electron chi connectivity index (χ1n) is 9.54. The van der Waals surface area contributed by atoms with E-state index in [1.54, 1.807) is 54.6 Å². The Balaban J connectivity index is 1.66. The molecule has 3 aromatic carbocycles. The molecular formula is C24H19ClFN3O3. The molecule has 0 heterocycles. The zero-order valence-corrected chi connectivity index (χ0v) is 17.8. The van der Waals surface area contributed by atoms with Crippen molar-refractivity contribution in [3.63, 3.8) is 0 Å². The monoisotopic (exact) mass is 451 g/mol. The third-order valence-corrected chi connectivity index (χ3v) is 4.89. The molecule has 162 valence electrons. The minimum absolute atomic E-state index is 0.0691. The molecule has 1 amide bonds. The number of amides is 1. The number of rotatable bonds is 8. The lowest BCUT2D eigenvalue weighted by Gasteiger charge is -2.12. The summed E-state index contributed by atoms with van der Waals surface area (Å²) in [6.07, 6.45) is 1.41. The van der Waals surface area contributed by atoms with Gasteiger partial charge in [0.25, 0.3) is 5.91 Å². The SMILES string of the molecule is COc1cc(/C=N\NC(=O)[C@H](C#N)c2ccccc2)ccc1OCc1c(F)cccc1Cl. The first-order chi connectivity index (χ1) is 15.5. The summed E-state index contributed by atoms with van der Waals surface area (Å²) in [5.74, 6) is -1.18. The Morgan fingerprint density at radius 1 is 1.19 bits per heavy atom. The quantitative estimate of drug-likeness (QED) is 0.393. The maximum absolute atomic E-state index is 13.9. The molecule has 0 aromatic heterocycles. The summed E-state index contributed by atoms with van der Waals surface area (Å²) in [4.78, 5) is 12.3. The summed E-state index contributed by atoms with van der Waals surface area (Å²) in [7, 11) is 1.47. The molecule has 32 heavy (non-hydrogen) atoms. The van der Waals surface area contributed by atoms with Gasteiger partial charge in [0.1, 0.15) is 12.4 Å². The minimum Gasteiger partial charge on any atom is -0.493 e. The van der Waals surface area contributed by atoms with E-state index >= 15 is 0 Å². The molecule has 0 aliphatic carbocycles. The highest BCUT2D eigenvalue weighted by Gasteiger charge is 2.19. The van der Waals surface area contributed by atoms with Crippen LogP contribution in [-0.2, 0) is 11.4 Å². The van der Waals surface area contributed by atoms with Crippen LogP contribution in [0.5, 0.6) is 11.5 Å². The van der Waals surface area contributed by atoms with Crippen molar-refractivity contribution in [1.82, 2.24) is 5.43 Å². The van der Waals surface area contributed by atoms with E-state index in [4.69, 9.17) is 21.1 Å². The number of nitrogens with zero attached hydrogens (tertiary/aromatic N) is 2. The molecule has 8 heteroatoms. The van der Waals surface area contributed by atoms with Crippen LogP contribution >= 0.6 is 11.6 Å². The fraction of sp³-hybridized carbons (Fsp3) is 0.125. The lowest BCUT2D eigenvalue weighted by Crippen LogP contribution is -2.24. The Morgan fingerprint density at radius 2 is 1.97 bits per heavy atom. The fourth-order valence-electron chi connectivity index (χ4n) is 2.87. The number of ether oxygens (including phenoxy) is 2. The molecule has 3 rings (SSSR count). The smallest absolute Gasteiger partial charge is 0.261 e. The molecule has 1 atom stereocenters. The lowest BCUT2D eigenvalue weighted by atomic mass is 10.0. The first kappa shape index (κ1) is 22.8. The van der Waals surface area contributed by atoms with E-state index in [1.165, 1.54) is 25.5 Å². The number of carbonyl (C=O) groups excluding carboxylic acids is 1. The number of hydrogen-bond donors (Lipinski definition) is 1. The number of halogens is 2. The van der Waals surface area contributed by atoms with Gasteiger partial charge in [-0.2, -0.15) is 10.4 Å². The van der Waals surface area contributed by atoms with E-state index in [-0.39, 0.29) is 17.2 Å². The third kappa shape index (κ3) is 5.62. The number of benzene rings is 3. The molecule has 0 saturated heterocycles. The molecule has 0 aliphatic heterocycles. The van der Waals surface area contributed by atoms with Crippen molar-refractivity contribution in [1.29, 1.82) is 5.26 Å². The topological polar surface area (TPSA) is 83.7 Å². The van der Waals surface area contributed by atoms with E-state index in [9.17, 15) is 14.4 Å². The van der Waals surface area contributed by atoms with Crippen molar-refractivity contribution >= 4 is 23.7 Å². The molecule has 0 saturated carbocycles. The number of methoxy groups -OCH3 is 1. The van der Waals surface area contributed by atoms with Crippen LogP contribution in [0.3, 0.4) is 0 Å². The van der Waals surface area contributed by atoms with E-state index in [1.807, 2.05) is 6.07 Å². The van der Waals surface area contributed by atoms with Gasteiger partial charge in [-0.3, -0.25) is 4.79 Å². The van der Waals surface area contributed by atoms with Crippen molar-refractivity contribution in [2.45, 2.75) is 12.5 Å². The second kappa shape index (κ2) is 10.9. The summed E-state index contributed by atoms with van der Waals surface area (Å²) < 4.78 is 24.9. The molecular weight excluding hydrogens is 433 g/mol. The molecule has 0 radical (unpaired) electrons. The van der Waals surface area contributed by atoms with Gasteiger partial charge in [-0.05, 0) is 41.5 Å². The predicted molar refractivity (Wildman–Crippen MR) is 119 cm³/mol. The maximum Gasteiger partial charge on any atom is 0.261 e. The Hall–Kier alpha value is -3.89. The second-order valence-corrected chi connectivity index (χ2v) is 7.01. The van der Waals surface area contributed by atoms with Crippen LogP contribution in [0.25, 0.3) is 0 Å². The fourth-order valence-corrected chi connectivity index (χ4v) is 3.09. The Labute approximate surface area is 189 Å². The van der Waals surface area contributed by atoms with Crippen molar-refractivity contribution in [2.24, 2.45) is 5.10 Å². The molecule has 0 aliphatic rings. The molecule has 0 fully saturated rings. The van der Waals surface area contributed by atoms with E-state index in [2.05, 4.69) is 10.5 Å². The van der Waals surface area contributed by atoms with Crippen LogP contribution in [0.15, 0.2) is 71.8 Å². The first-order valence-corrected chi connectivity index (χ1v) is 9.92. The van der Waals surface area contributed by atoms with E-state index in [0.29, 0.717) is 22.6 Å². The van der Waals surface area contributed by atoms with Crippen LogP contribution in [0.2, 0.25) is 5.02 Å². The number of nitriles is 1. The van der Waals surface area contributed by atoms with E-state index in [0.717, 1.165) is 0 Å². The number of hydrazone groups is 1. The molecule has 0 spiro atoms. The third-order valence-electron chi connectivity index (χ3n) is 4.53. The Morgan fingerprint density at radius 3 is 2.66 bits per heavy atom. The summed E-state index contributed by atoms with van der Waals surface area (Å²) in [5, 5.41) is 13.5. The van der Waals surface area contributed by atoms with Gasteiger partial charge < -0.3 is 9.47 Å². The largest absolute Gasteiger partial charge is 0.493 e. The van der Waals surface area contributed by atoms with Crippen molar-refractivity contribution in [3.8, 4) is 17.6 Å².